The number of benzene rings is 5. The summed E-state index contributed by atoms with van der Waals surface area (Å²) >= 11 is 0. The van der Waals surface area contributed by atoms with Gasteiger partial charge in [0.05, 0.1) is 19.6 Å². The van der Waals surface area contributed by atoms with Crippen molar-refractivity contribution in [2.24, 2.45) is 28.5 Å². The van der Waals surface area contributed by atoms with Gasteiger partial charge in [0.15, 0.2) is 23.7 Å². The lowest BCUT2D eigenvalue weighted by Gasteiger charge is -2.35. The van der Waals surface area contributed by atoms with E-state index in [1.165, 1.54) is 0 Å². The molecule has 81 heavy (non-hydrogen) atoms. The van der Waals surface area contributed by atoms with Crippen LogP contribution in [0.4, 0.5) is 5.69 Å². The number of ether oxygens (including phenoxy) is 4. The van der Waals surface area contributed by atoms with Gasteiger partial charge in [0, 0.05) is 73.2 Å². The number of hydrogen-bond acceptors (Lipinski definition) is 12. The number of nitrogens with two attached hydrogens (primary N) is 1. The number of aliphatic hydroxyl groups excluding tert-OH is 3. The van der Waals surface area contributed by atoms with E-state index in [0.717, 1.165) is 75.7 Å². The van der Waals surface area contributed by atoms with E-state index in [-0.39, 0.29) is 60.1 Å². The van der Waals surface area contributed by atoms with E-state index in [1.54, 1.807) is 20.2 Å². The molecular weight excluding hydrogens is 1020 g/mol. The quantitative estimate of drug-likeness (QED) is 0.0143. The SMILES string of the molecule is CCOCCc1cccc([C@@H]2C[C@@H](CN[C@H](O)CC)C3=C[C@@H](CCCCc4cccc(NC(N)=NC)c4)[C@H](C=C3O)C[C@H]3CC(=O)CCc4ccc(OC)c(c4)OCc4c(C(O)O)cc5c(c(O)cc6c5c4C=C[C@H]6C)[C@H]2C#CO3)c1. The molecule has 0 saturated carbocycles. The molecule has 0 radical (unpaired) electrons. The number of aromatic hydroxyl groups is 1. The van der Waals surface area contributed by atoms with Crippen LogP contribution < -0.4 is 25.8 Å². The van der Waals surface area contributed by atoms with Crippen LogP contribution in [-0.4, -0.2) is 83.5 Å². The number of hydrogen-bond donors (Lipinski definition) is 8. The Kier molecular flexibility index (Phi) is 19.6. The van der Waals surface area contributed by atoms with E-state index in [4.69, 9.17) is 24.7 Å². The number of nitrogens with one attached hydrogen (secondary N) is 2. The second-order valence-electron chi connectivity index (χ2n) is 22.2. The number of guanidine groups is 1. The average molecular weight is 1100 g/mol. The number of anilines is 1. The average Bonchev–Trinajstić information content (AvgIpc) is 3.59. The van der Waals surface area contributed by atoms with E-state index in [1.807, 2.05) is 74.5 Å². The number of ketones is 1. The molecule has 14 heteroatoms. The van der Waals surface area contributed by atoms with E-state index in [0.29, 0.717) is 85.8 Å². The number of carbonyl (C=O) groups excluding carboxylic acids is 1. The summed E-state index contributed by atoms with van der Waals surface area (Å²) in [7, 11) is 3.21. The summed E-state index contributed by atoms with van der Waals surface area (Å²) in [6, 6.07) is 25.7. The first-order valence-electron chi connectivity index (χ1n) is 28.9. The van der Waals surface area contributed by atoms with E-state index in [2.05, 4.69) is 71.0 Å². The van der Waals surface area contributed by atoms with Gasteiger partial charge in [-0.05, 0) is 162 Å². The van der Waals surface area contributed by atoms with Crippen LogP contribution in [0.15, 0.2) is 113 Å². The summed E-state index contributed by atoms with van der Waals surface area (Å²) in [4.78, 5) is 18.4. The Hall–Kier alpha value is -7.12. The number of aliphatic hydroxyl groups is 4. The monoisotopic (exact) mass is 1100 g/mol. The van der Waals surface area contributed by atoms with Gasteiger partial charge < -0.3 is 55.5 Å². The number of fused-ring (bicyclic) bond motifs is 8. The molecule has 0 amide bonds. The maximum absolute atomic E-state index is 14.4. The lowest BCUT2D eigenvalue weighted by atomic mass is 9.70. The lowest BCUT2D eigenvalue weighted by Crippen LogP contribution is -2.35. The van der Waals surface area contributed by atoms with E-state index >= 15 is 0 Å². The first-order chi connectivity index (χ1) is 39.2. The molecule has 428 valence electrons. The molecule has 14 nitrogen and oxygen atoms in total. The van der Waals surface area contributed by atoms with Crippen LogP contribution >= 0.6 is 0 Å². The molecule has 8 atom stereocenters. The number of Topliss-reactive ketones (excluding diaryl/α,β-unsaturated/α-hetero) is 1. The number of carbonyl (C=O) groups is 1. The first-order valence-corrected chi connectivity index (χ1v) is 28.9. The van der Waals surface area contributed by atoms with Crippen LogP contribution in [0.2, 0.25) is 0 Å². The molecule has 4 aliphatic heterocycles. The third kappa shape index (κ3) is 14.0. The molecular formula is C67H80N4O10. The fourth-order valence-electron chi connectivity index (χ4n) is 12.4. The summed E-state index contributed by atoms with van der Waals surface area (Å²) in [5, 5.41) is 67.4. The Bertz CT molecular complexity index is 3240. The Balaban J connectivity index is 1.24. The summed E-state index contributed by atoms with van der Waals surface area (Å²) in [6.07, 6.45) is 13.9. The lowest BCUT2D eigenvalue weighted by molar-refractivity contribution is -0.121. The highest BCUT2D eigenvalue weighted by Gasteiger charge is 2.38. The van der Waals surface area contributed by atoms with Crippen molar-refractivity contribution >= 4 is 34.3 Å². The number of allylic oxidation sites excluding steroid dienone is 4. The third-order valence-electron chi connectivity index (χ3n) is 16.8. The predicted molar refractivity (Wildman–Crippen MR) is 318 cm³/mol. The zero-order chi connectivity index (χ0) is 57.2. The van der Waals surface area contributed by atoms with Crippen molar-refractivity contribution in [2.45, 2.75) is 134 Å². The Labute approximate surface area is 476 Å². The van der Waals surface area contributed by atoms with Gasteiger partial charge in [-0.25, -0.2) is 0 Å². The minimum atomic E-state index is -1.93. The van der Waals surface area contributed by atoms with Crippen molar-refractivity contribution in [2.75, 3.05) is 39.2 Å². The summed E-state index contributed by atoms with van der Waals surface area (Å²) in [5.74, 6) is 2.80. The fraction of sp³-hybridized carbons (Fsp3) is 0.433. The van der Waals surface area contributed by atoms with Crippen LogP contribution in [0.5, 0.6) is 17.2 Å². The maximum Gasteiger partial charge on any atom is 0.192 e. The normalized spacial score (nSPS) is 22.3. The molecule has 5 aromatic carbocycles. The molecule has 0 unspecified atom stereocenters. The molecule has 0 fully saturated rings. The molecule has 6 aliphatic rings. The minimum Gasteiger partial charge on any atom is -0.508 e. The largest absolute Gasteiger partial charge is 0.508 e. The van der Waals surface area contributed by atoms with Crippen LogP contribution in [0.1, 0.15) is 146 Å². The van der Waals surface area contributed by atoms with Gasteiger partial charge in [0.25, 0.3) is 0 Å². The predicted octanol–water partition coefficient (Wildman–Crippen LogP) is 11.1. The van der Waals surface area contributed by atoms with Gasteiger partial charge >= 0.3 is 0 Å². The fourth-order valence-corrected chi connectivity index (χ4v) is 12.4. The van der Waals surface area contributed by atoms with Crippen molar-refractivity contribution in [3.05, 3.63) is 158 Å². The van der Waals surface area contributed by atoms with Crippen molar-refractivity contribution in [3.63, 3.8) is 0 Å². The molecule has 5 aromatic rings. The zero-order valence-electron chi connectivity index (χ0n) is 47.4. The van der Waals surface area contributed by atoms with Gasteiger partial charge in [-0.1, -0.05) is 86.9 Å². The van der Waals surface area contributed by atoms with Crippen LogP contribution in [0, 0.1) is 29.8 Å². The smallest absolute Gasteiger partial charge is 0.192 e. The van der Waals surface area contributed by atoms with Gasteiger partial charge in [0.1, 0.15) is 42.3 Å². The van der Waals surface area contributed by atoms with E-state index < -0.39 is 36.4 Å². The van der Waals surface area contributed by atoms with Gasteiger partial charge in [0.2, 0.25) is 0 Å². The Morgan fingerprint density at radius 3 is 2.54 bits per heavy atom. The summed E-state index contributed by atoms with van der Waals surface area (Å²) < 4.78 is 25.0. The van der Waals surface area contributed by atoms with Crippen molar-refractivity contribution in [1.29, 1.82) is 0 Å². The van der Waals surface area contributed by atoms with Crippen molar-refractivity contribution in [1.82, 2.24) is 5.32 Å². The number of phenols is 1. The zero-order valence-corrected chi connectivity index (χ0v) is 47.4. The standard InChI is InChI=1S/C67H80N4O10/c1-6-63(75)70-38-47-33-54(45-16-10-13-42(28-45)24-26-79-7-2)52-25-27-80-50(31-46-34-59(73)55(47)32-44(46)15-9-8-12-41-14-11-17-48(29-41)71-67(68)69-4)35-49(72)21-19-43-20-23-61(78-5)62(30-43)81-39-58-51-22-18-40(3)53-37-60(74)65(52)57(64(51)53)36-56(58)66(76)77/h10-11,13-14,16-18,20,22-23,28-30,32,34,36-37,40,44,46-47,50,52,54,63,66,70,73-77H,6-9,12,15,19,21,24,26,31,33,35,38-39H2,1-5H3,(H3,68,69,71)/t40-,44-,46+,47+,50+,52+,54+,63-/m1/s1. The van der Waals surface area contributed by atoms with Crippen molar-refractivity contribution < 1.29 is 49.3 Å². The molecule has 2 aliphatic carbocycles. The molecule has 0 aromatic heterocycles. The Morgan fingerprint density at radius 1 is 0.951 bits per heavy atom. The minimum absolute atomic E-state index is 0.0141. The van der Waals surface area contributed by atoms with Gasteiger partial charge in [-0.2, -0.15) is 0 Å². The van der Waals surface area contributed by atoms with E-state index in [9.17, 15) is 30.3 Å². The second kappa shape index (κ2) is 27.1. The van der Waals surface area contributed by atoms with Gasteiger partial charge in [-0.3, -0.25) is 15.1 Å². The van der Waals surface area contributed by atoms with Crippen LogP contribution in [-0.2, 0) is 40.1 Å². The van der Waals surface area contributed by atoms with Gasteiger partial charge in [-0.15, -0.1) is 0 Å². The molecule has 10 bridgehead atoms. The molecule has 0 saturated heterocycles. The Morgan fingerprint density at radius 2 is 1.77 bits per heavy atom. The topological polar surface area (TPSA) is 218 Å². The highest BCUT2D eigenvalue weighted by atomic mass is 16.5. The number of aryl methyl sites for hydroxylation is 2. The van der Waals surface area contributed by atoms with Crippen LogP contribution in [0.25, 0.3) is 16.8 Å². The summed E-state index contributed by atoms with van der Waals surface area (Å²) in [6.45, 7) is 7.30. The van der Waals surface area contributed by atoms with Crippen molar-refractivity contribution in [3.8, 4) is 29.3 Å². The number of methoxy groups -OCH3 is 1. The molecule has 11 rings (SSSR count). The second-order valence-corrected chi connectivity index (χ2v) is 22.2. The first kappa shape index (κ1) is 58.5. The molecule has 0 spiro atoms. The third-order valence-corrected chi connectivity index (χ3v) is 16.8. The number of phenolic OH excluding ortho intramolecular Hbond substituents is 1. The maximum atomic E-state index is 14.4. The number of nitrogens with zero attached hydrogens (tertiary/aromatic N) is 1. The number of unbranched alkanes of at least 4 members (excludes halogenated alkanes) is 1. The summed E-state index contributed by atoms with van der Waals surface area (Å²) in [5.41, 5.74) is 14.4. The molecule has 9 N–H and O–H groups in total. The number of aliphatic imine (C=N–C) groups is 1. The van der Waals surface area contributed by atoms with Crippen LogP contribution in [0.3, 0.4) is 0 Å². The number of rotatable bonds is 17. The highest BCUT2D eigenvalue weighted by molar-refractivity contribution is 6.01. The molecule has 4 heterocycles. The highest BCUT2D eigenvalue weighted by Crippen LogP contribution is 2.51.